The number of hydrogen-bond acceptors (Lipinski definition) is 7. The molecule has 0 radical (unpaired) electrons. The van der Waals surface area contributed by atoms with Crippen LogP contribution in [0.15, 0.2) is 52.1 Å². The van der Waals surface area contributed by atoms with E-state index < -0.39 is 0 Å². The fourth-order valence-corrected chi connectivity index (χ4v) is 3.57. The molecular formula is C22H25FN4O3S. The molecule has 7 nitrogen and oxygen atoms in total. The summed E-state index contributed by atoms with van der Waals surface area (Å²) in [7, 11) is 1.60. The van der Waals surface area contributed by atoms with Crippen LogP contribution in [-0.4, -0.2) is 42.1 Å². The van der Waals surface area contributed by atoms with Crippen LogP contribution in [0.4, 0.5) is 10.1 Å². The number of nitrogens with one attached hydrogen (secondary N) is 1. The molecule has 1 heterocycles. The van der Waals surface area contributed by atoms with Gasteiger partial charge >= 0.3 is 0 Å². The Morgan fingerprint density at radius 1 is 1.16 bits per heavy atom. The van der Waals surface area contributed by atoms with Gasteiger partial charge in [0.15, 0.2) is 0 Å². The van der Waals surface area contributed by atoms with Crippen molar-refractivity contribution in [3.63, 3.8) is 0 Å². The summed E-state index contributed by atoms with van der Waals surface area (Å²) < 4.78 is 25.1. The van der Waals surface area contributed by atoms with Gasteiger partial charge in [0.05, 0.1) is 18.6 Å². The van der Waals surface area contributed by atoms with E-state index in [9.17, 15) is 9.18 Å². The van der Waals surface area contributed by atoms with Gasteiger partial charge in [0, 0.05) is 25.2 Å². The average molecular weight is 445 g/mol. The predicted octanol–water partition coefficient (Wildman–Crippen LogP) is 4.14. The van der Waals surface area contributed by atoms with Crippen LogP contribution in [0, 0.1) is 5.82 Å². The molecule has 3 rings (SSSR count). The second-order valence-electron chi connectivity index (χ2n) is 6.63. The molecule has 31 heavy (non-hydrogen) atoms. The van der Waals surface area contributed by atoms with Crippen LogP contribution in [0.1, 0.15) is 19.4 Å². The van der Waals surface area contributed by atoms with Gasteiger partial charge in [-0.05, 0) is 55.8 Å². The largest absolute Gasteiger partial charge is 0.497 e. The van der Waals surface area contributed by atoms with Gasteiger partial charge in [-0.15, -0.1) is 10.2 Å². The molecule has 0 saturated heterocycles. The highest BCUT2D eigenvalue weighted by atomic mass is 32.2. The third-order valence-corrected chi connectivity index (χ3v) is 5.49. The number of hydrogen-bond donors (Lipinski definition) is 1. The average Bonchev–Trinajstić information content (AvgIpc) is 3.27. The zero-order valence-electron chi connectivity index (χ0n) is 17.7. The summed E-state index contributed by atoms with van der Waals surface area (Å²) in [5.41, 5.74) is 2.03. The molecule has 0 saturated carbocycles. The van der Waals surface area contributed by atoms with Gasteiger partial charge in [0.2, 0.25) is 11.8 Å². The summed E-state index contributed by atoms with van der Waals surface area (Å²) in [6.07, 6.45) is 0. The van der Waals surface area contributed by atoms with Gasteiger partial charge in [0.1, 0.15) is 11.6 Å². The summed E-state index contributed by atoms with van der Waals surface area (Å²) in [6, 6.07) is 12.3. The summed E-state index contributed by atoms with van der Waals surface area (Å²) in [5.74, 6) is 0.722. The van der Waals surface area contributed by atoms with E-state index in [1.807, 2.05) is 36.9 Å². The monoisotopic (exact) mass is 444 g/mol. The lowest BCUT2D eigenvalue weighted by Crippen LogP contribution is -2.25. The number of rotatable bonds is 10. The molecular weight excluding hydrogens is 419 g/mol. The maximum absolute atomic E-state index is 14.4. The quantitative estimate of drug-likeness (QED) is 0.471. The van der Waals surface area contributed by atoms with Crippen molar-refractivity contribution in [3.8, 4) is 17.2 Å². The summed E-state index contributed by atoms with van der Waals surface area (Å²) >= 11 is 1.14. The lowest BCUT2D eigenvalue weighted by Gasteiger charge is -2.21. The van der Waals surface area contributed by atoms with E-state index in [4.69, 9.17) is 9.15 Å². The van der Waals surface area contributed by atoms with Crippen molar-refractivity contribution in [1.29, 1.82) is 0 Å². The van der Waals surface area contributed by atoms with E-state index in [1.54, 1.807) is 25.3 Å². The molecule has 2 aromatic carbocycles. The van der Waals surface area contributed by atoms with Crippen molar-refractivity contribution in [2.45, 2.75) is 25.6 Å². The van der Waals surface area contributed by atoms with Crippen LogP contribution in [0.25, 0.3) is 11.5 Å². The highest BCUT2D eigenvalue weighted by Gasteiger charge is 2.13. The number of benzene rings is 2. The fourth-order valence-electron chi connectivity index (χ4n) is 2.98. The number of carbonyl (C=O) groups is 1. The molecule has 0 aliphatic carbocycles. The first kappa shape index (κ1) is 22.6. The summed E-state index contributed by atoms with van der Waals surface area (Å²) in [4.78, 5) is 14.1. The van der Waals surface area contributed by atoms with Crippen molar-refractivity contribution >= 4 is 23.4 Å². The Labute approximate surface area is 185 Å². The molecule has 164 valence electrons. The van der Waals surface area contributed by atoms with Crippen LogP contribution in [-0.2, 0) is 11.3 Å². The maximum atomic E-state index is 14.4. The third kappa shape index (κ3) is 5.97. The molecule has 0 aliphatic rings. The molecule has 0 aliphatic heterocycles. The van der Waals surface area contributed by atoms with Gasteiger partial charge < -0.3 is 19.4 Å². The van der Waals surface area contributed by atoms with Gasteiger partial charge in [-0.1, -0.05) is 17.8 Å². The standard InChI is InChI=1S/C22H25FN4O3S/c1-4-27(5-2)19-11-6-15(12-18(19)23)13-24-20(28)14-31-22-26-25-21(30-22)16-7-9-17(29-3)10-8-16/h6-12H,4-5,13-14H2,1-3H3,(H,24,28). The van der Waals surface area contributed by atoms with E-state index in [1.165, 1.54) is 6.07 Å². The second kappa shape index (κ2) is 10.8. The van der Waals surface area contributed by atoms with Crippen LogP contribution >= 0.6 is 11.8 Å². The molecule has 0 bridgehead atoms. The van der Waals surface area contributed by atoms with Crippen molar-refractivity contribution in [3.05, 3.63) is 53.8 Å². The first-order chi connectivity index (χ1) is 15.0. The Morgan fingerprint density at radius 2 is 1.90 bits per heavy atom. The van der Waals surface area contributed by atoms with Crippen molar-refractivity contribution in [2.75, 3.05) is 30.9 Å². The molecule has 0 unspecified atom stereocenters. The number of amides is 1. The highest BCUT2D eigenvalue weighted by molar-refractivity contribution is 7.99. The van der Waals surface area contributed by atoms with Gasteiger partial charge in [-0.25, -0.2) is 4.39 Å². The Bertz CT molecular complexity index is 1010. The lowest BCUT2D eigenvalue weighted by molar-refractivity contribution is -0.118. The third-order valence-electron chi connectivity index (χ3n) is 4.68. The van der Waals surface area contributed by atoms with E-state index in [0.717, 1.165) is 36.2 Å². The Balaban J connectivity index is 1.49. The second-order valence-corrected chi connectivity index (χ2v) is 7.55. The van der Waals surface area contributed by atoms with Gasteiger partial charge in [0.25, 0.3) is 5.22 Å². The molecule has 1 aromatic heterocycles. The Kier molecular flexibility index (Phi) is 7.88. The topological polar surface area (TPSA) is 80.5 Å². The Morgan fingerprint density at radius 3 is 2.55 bits per heavy atom. The zero-order chi connectivity index (χ0) is 22.2. The van der Waals surface area contributed by atoms with Crippen molar-refractivity contribution in [1.82, 2.24) is 15.5 Å². The summed E-state index contributed by atoms with van der Waals surface area (Å²) in [5, 5.41) is 11.0. The molecule has 1 amide bonds. The minimum absolute atomic E-state index is 0.115. The highest BCUT2D eigenvalue weighted by Crippen LogP contribution is 2.25. The van der Waals surface area contributed by atoms with E-state index in [2.05, 4.69) is 15.5 Å². The summed E-state index contributed by atoms with van der Waals surface area (Å²) in [6.45, 7) is 5.68. The van der Waals surface area contributed by atoms with Crippen molar-refractivity contribution < 1.29 is 18.3 Å². The van der Waals surface area contributed by atoms with Gasteiger partial charge in [-0.2, -0.15) is 0 Å². The number of thioether (sulfide) groups is 1. The Hall–Kier alpha value is -3.07. The number of methoxy groups -OCH3 is 1. The number of anilines is 1. The van der Waals surface area contributed by atoms with E-state index >= 15 is 0 Å². The van der Waals surface area contributed by atoms with Crippen LogP contribution < -0.4 is 15.0 Å². The fraction of sp³-hybridized carbons (Fsp3) is 0.318. The molecule has 1 N–H and O–H groups in total. The molecule has 0 spiro atoms. The first-order valence-electron chi connectivity index (χ1n) is 9.94. The predicted molar refractivity (Wildman–Crippen MR) is 119 cm³/mol. The maximum Gasteiger partial charge on any atom is 0.277 e. The van der Waals surface area contributed by atoms with Crippen LogP contribution in [0.5, 0.6) is 5.75 Å². The number of nitrogens with zero attached hydrogens (tertiary/aromatic N) is 3. The molecule has 0 atom stereocenters. The number of halogens is 1. The number of aromatic nitrogens is 2. The molecule has 3 aromatic rings. The van der Waals surface area contributed by atoms with E-state index in [-0.39, 0.29) is 24.0 Å². The number of carbonyl (C=O) groups excluding carboxylic acids is 1. The van der Waals surface area contributed by atoms with E-state index in [0.29, 0.717) is 22.4 Å². The minimum Gasteiger partial charge on any atom is -0.497 e. The molecule has 0 fully saturated rings. The smallest absolute Gasteiger partial charge is 0.277 e. The lowest BCUT2D eigenvalue weighted by atomic mass is 10.1. The van der Waals surface area contributed by atoms with Crippen LogP contribution in [0.3, 0.4) is 0 Å². The SMILES string of the molecule is CCN(CC)c1ccc(CNC(=O)CSc2nnc(-c3ccc(OC)cc3)o2)cc1F. The van der Waals surface area contributed by atoms with Crippen molar-refractivity contribution in [2.24, 2.45) is 0 Å². The minimum atomic E-state index is -0.290. The zero-order valence-corrected chi connectivity index (χ0v) is 18.5. The van der Waals surface area contributed by atoms with Crippen LogP contribution in [0.2, 0.25) is 0 Å². The molecule has 9 heteroatoms. The number of ether oxygens (including phenoxy) is 1. The normalized spacial score (nSPS) is 10.7. The van der Waals surface area contributed by atoms with Gasteiger partial charge in [-0.3, -0.25) is 4.79 Å². The first-order valence-corrected chi connectivity index (χ1v) is 10.9.